The van der Waals surface area contributed by atoms with Crippen molar-refractivity contribution in [2.75, 3.05) is 6.61 Å². The van der Waals surface area contributed by atoms with E-state index < -0.39 is 0 Å². The molecule has 1 heterocycles. The first kappa shape index (κ1) is 8.99. The van der Waals surface area contributed by atoms with Gasteiger partial charge in [0.25, 0.3) is 0 Å². The Hall–Kier alpha value is -1.10. The molecule has 12 heavy (non-hydrogen) atoms. The fourth-order valence-electron chi connectivity index (χ4n) is 1.17. The summed E-state index contributed by atoms with van der Waals surface area (Å²) in [6.07, 6.45) is 1.35. The van der Waals surface area contributed by atoms with Crippen LogP contribution >= 0.6 is 0 Å². The van der Waals surface area contributed by atoms with Crippen LogP contribution in [0.4, 0.5) is 0 Å². The molecule has 1 rings (SSSR count). The van der Waals surface area contributed by atoms with E-state index >= 15 is 0 Å². The summed E-state index contributed by atoms with van der Waals surface area (Å²) in [6.45, 7) is 0.0609. The van der Waals surface area contributed by atoms with Crippen LogP contribution in [0.3, 0.4) is 0 Å². The first-order valence-electron chi connectivity index (χ1n) is 3.93. The Labute approximate surface area is 70.1 Å². The fourth-order valence-corrected chi connectivity index (χ4v) is 1.17. The van der Waals surface area contributed by atoms with E-state index in [2.05, 4.69) is 10.9 Å². The van der Waals surface area contributed by atoms with Gasteiger partial charge in [0.05, 0.1) is 0 Å². The van der Waals surface area contributed by atoms with Crippen molar-refractivity contribution in [1.82, 2.24) is 10.9 Å². The molecule has 0 spiro atoms. The van der Waals surface area contributed by atoms with Gasteiger partial charge in [0.2, 0.25) is 11.8 Å². The molecule has 1 aliphatic rings. The van der Waals surface area contributed by atoms with Crippen molar-refractivity contribution in [2.24, 2.45) is 5.92 Å². The minimum absolute atomic E-state index is 0.0609. The SMILES string of the molecule is O=C1CC(CCCO)C(=O)NN1. The standard InChI is InChI=1S/C7H12N2O3/c10-3-1-2-5-4-6(11)8-9-7(5)12/h5,10H,1-4H2,(H,8,11)(H,9,12). The number of aliphatic hydroxyl groups is 1. The lowest BCUT2D eigenvalue weighted by Gasteiger charge is -2.21. The second kappa shape index (κ2) is 4.06. The molecule has 3 N–H and O–H groups in total. The molecule has 0 radical (unpaired) electrons. The first-order chi connectivity index (χ1) is 5.74. The average Bonchev–Trinajstić information content (AvgIpc) is 2.07. The zero-order valence-electron chi connectivity index (χ0n) is 6.67. The number of carbonyl (C=O) groups is 2. The molecule has 0 aromatic carbocycles. The summed E-state index contributed by atoms with van der Waals surface area (Å²) >= 11 is 0. The number of amides is 2. The van der Waals surface area contributed by atoms with Crippen molar-refractivity contribution in [3.05, 3.63) is 0 Å². The van der Waals surface area contributed by atoms with Gasteiger partial charge in [-0.25, -0.2) is 0 Å². The third-order valence-corrected chi connectivity index (χ3v) is 1.84. The number of hydrogen-bond acceptors (Lipinski definition) is 3. The van der Waals surface area contributed by atoms with E-state index in [1.807, 2.05) is 0 Å². The van der Waals surface area contributed by atoms with Gasteiger partial charge in [-0.2, -0.15) is 0 Å². The van der Waals surface area contributed by atoms with Crippen LogP contribution in [0.25, 0.3) is 0 Å². The van der Waals surface area contributed by atoms with Crippen molar-refractivity contribution >= 4 is 11.8 Å². The number of carbonyl (C=O) groups excluding carboxylic acids is 2. The third-order valence-electron chi connectivity index (χ3n) is 1.84. The number of hydrazine groups is 1. The van der Waals surface area contributed by atoms with Gasteiger partial charge in [0, 0.05) is 18.9 Å². The maximum Gasteiger partial charge on any atom is 0.242 e. The second-order valence-corrected chi connectivity index (χ2v) is 2.80. The summed E-state index contributed by atoms with van der Waals surface area (Å²) in [5.41, 5.74) is 4.51. The monoisotopic (exact) mass is 172 g/mol. The molecule has 0 aromatic heterocycles. The molecule has 0 aromatic rings. The van der Waals surface area contributed by atoms with Gasteiger partial charge in [0.1, 0.15) is 0 Å². The molecule has 1 unspecified atom stereocenters. The smallest absolute Gasteiger partial charge is 0.242 e. The van der Waals surface area contributed by atoms with Gasteiger partial charge in [-0.05, 0) is 12.8 Å². The van der Waals surface area contributed by atoms with Gasteiger partial charge < -0.3 is 5.11 Å². The maximum atomic E-state index is 11.0. The molecule has 5 nitrogen and oxygen atoms in total. The van der Waals surface area contributed by atoms with E-state index in [0.717, 1.165) is 0 Å². The molecule has 1 fully saturated rings. The lowest BCUT2D eigenvalue weighted by molar-refractivity contribution is -0.138. The number of aliphatic hydroxyl groups excluding tert-OH is 1. The molecule has 0 bridgehead atoms. The maximum absolute atomic E-state index is 11.0. The van der Waals surface area contributed by atoms with Crippen LogP contribution in [-0.4, -0.2) is 23.5 Å². The van der Waals surface area contributed by atoms with Crippen LogP contribution in [-0.2, 0) is 9.59 Å². The summed E-state index contributed by atoms with van der Waals surface area (Å²) in [6, 6.07) is 0. The molecule has 1 saturated heterocycles. The molecule has 68 valence electrons. The van der Waals surface area contributed by atoms with Gasteiger partial charge in [-0.1, -0.05) is 0 Å². The quantitative estimate of drug-likeness (QED) is 0.507. The Balaban J connectivity index is 2.38. The van der Waals surface area contributed by atoms with Crippen molar-refractivity contribution in [2.45, 2.75) is 19.3 Å². The van der Waals surface area contributed by atoms with Crippen molar-refractivity contribution in [1.29, 1.82) is 0 Å². The molecule has 1 aliphatic heterocycles. The molecule has 0 saturated carbocycles. The third kappa shape index (κ3) is 2.20. The second-order valence-electron chi connectivity index (χ2n) is 2.80. The van der Waals surface area contributed by atoms with E-state index in [1.165, 1.54) is 0 Å². The molecular formula is C7H12N2O3. The van der Waals surface area contributed by atoms with Crippen LogP contribution in [0.2, 0.25) is 0 Å². The topological polar surface area (TPSA) is 78.4 Å². The minimum atomic E-state index is -0.272. The van der Waals surface area contributed by atoms with Crippen LogP contribution in [0.5, 0.6) is 0 Å². The number of hydrogen-bond donors (Lipinski definition) is 3. The Bertz CT molecular complexity index is 193. The predicted octanol–water partition coefficient (Wildman–Crippen LogP) is -1.07. The van der Waals surface area contributed by atoms with Crippen molar-refractivity contribution in [3.8, 4) is 0 Å². The Morgan fingerprint density at radius 2 is 2.17 bits per heavy atom. The molecule has 1 atom stereocenters. The average molecular weight is 172 g/mol. The van der Waals surface area contributed by atoms with E-state index in [4.69, 9.17) is 5.11 Å². The predicted molar refractivity (Wildman–Crippen MR) is 40.7 cm³/mol. The molecular weight excluding hydrogens is 160 g/mol. The van der Waals surface area contributed by atoms with E-state index in [0.29, 0.717) is 12.8 Å². The molecule has 5 heteroatoms. The zero-order valence-corrected chi connectivity index (χ0v) is 6.67. The Kier molecular flexibility index (Phi) is 3.04. The zero-order chi connectivity index (χ0) is 8.97. The van der Waals surface area contributed by atoms with Crippen molar-refractivity contribution in [3.63, 3.8) is 0 Å². The molecule has 2 amide bonds. The van der Waals surface area contributed by atoms with Crippen LogP contribution in [0.15, 0.2) is 0 Å². The minimum Gasteiger partial charge on any atom is -0.396 e. The highest BCUT2D eigenvalue weighted by Gasteiger charge is 2.25. The first-order valence-corrected chi connectivity index (χ1v) is 3.93. The van der Waals surface area contributed by atoms with E-state index in [9.17, 15) is 9.59 Å². The largest absolute Gasteiger partial charge is 0.396 e. The van der Waals surface area contributed by atoms with Gasteiger partial charge in [-0.15, -0.1) is 0 Å². The lowest BCUT2D eigenvalue weighted by Crippen LogP contribution is -2.51. The normalized spacial score (nSPS) is 23.2. The highest BCUT2D eigenvalue weighted by molar-refractivity contribution is 5.90. The number of nitrogens with one attached hydrogen (secondary N) is 2. The van der Waals surface area contributed by atoms with Gasteiger partial charge in [0.15, 0.2) is 0 Å². The highest BCUT2D eigenvalue weighted by atomic mass is 16.3. The Morgan fingerprint density at radius 1 is 1.42 bits per heavy atom. The van der Waals surface area contributed by atoms with E-state index in [-0.39, 0.29) is 30.8 Å². The van der Waals surface area contributed by atoms with Crippen LogP contribution in [0, 0.1) is 5.92 Å². The van der Waals surface area contributed by atoms with Gasteiger partial charge in [-0.3, -0.25) is 20.4 Å². The summed E-state index contributed by atoms with van der Waals surface area (Å²) < 4.78 is 0. The van der Waals surface area contributed by atoms with Gasteiger partial charge >= 0.3 is 0 Å². The highest BCUT2D eigenvalue weighted by Crippen LogP contribution is 2.13. The molecule has 0 aliphatic carbocycles. The lowest BCUT2D eigenvalue weighted by atomic mass is 9.97. The van der Waals surface area contributed by atoms with Crippen LogP contribution in [0.1, 0.15) is 19.3 Å². The summed E-state index contributed by atoms with van der Waals surface area (Å²) in [5, 5.41) is 8.52. The van der Waals surface area contributed by atoms with E-state index in [1.54, 1.807) is 0 Å². The Morgan fingerprint density at radius 3 is 2.83 bits per heavy atom. The summed E-state index contributed by atoms with van der Waals surface area (Å²) in [4.78, 5) is 21.8. The van der Waals surface area contributed by atoms with Crippen LogP contribution < -0.4 is 10.9 Å². The summed E-state index contributed by atoms with van der Waals surface area (Å²) in [7, 11) is 0. The number of rotatable bonds is 3. The van der Waals surface area contributed by atoms with Crippen molar-refractivity contribution < 1.29 is 14.7 Å². The summed E-state index contributed by atoms with van der Waals surface area (Å²) in [5.74, 6) is -0.605. The fraction of sp³-hybridized carbons (Fsp3) is 0.714.